The third-order valence-corrected chi connectivity index (χ3v) is 3.76. The predicted molar refractivity (Wildman–Crippen MR) is 68.6 cm³/mol. The summed E-state index contributed by atoms with van der Waals surface area (Å²) >= 11 is 0. The van der Waals surface area contributed by atoms with Gasteiger partial charge in [-0.1, -0.05) is 20.8 Å². The lowest BCUT2D eigenvalue weighted by atomic mass is 9.85. The van der Waals surface area contributed by atoms with Crippen molar-refractivity contribution in [2.45, 2.75) is 39.7 Å². The summed E-state index contributed by atoms with van der Waals surface area (Å²) in [5.74, 6) is 0.516. The molecule has 2 atom stereocenters. The molecule has 1 aliphatic rings. The second kappa shape index (κ2) is 5.99. The summed E-state index contributed by atoms with van der Waals surface area (Å²) in [5, 5.41) is 12.5. The van der Waals surface area contributed by atoms with Crippen LogP contribution in [0.3, 0.4) is 0 Å². The number of nitrogens with zero attached hydrogens (tertiary/aromatic N) is 1. The highest BCUT2D eigenvalue weighted by Crippen LogP contribution is 2.23. The largest absolute Gasteiger partial charge is 0.396 e. The summed E-state index contributed by atoms with van der Waals surface area (Å²) < 4.78 is 0. The van der Waals surface area contributed by atoms with Crippen molar-refractivity contribution in [3.05, 3.63) is 0 Å². The van der Waals surface area contributed by atoms with Gasteiger partial charge in [-0.25, -0.2) is 0 Å². The van der Waals surface area contributed by atoms with Gasteiger partial charge in [0, 0.05) is 19.2 Å². The zero-order chi connectivity index (χ0) is 12.2. The highest BCUT2D eigenvalue weighted by Gasteiger charge is 2.26. The van der Waals surface area contributed by atoms with E-state index >= 15 is 0 Å². The number of likely N-dealkylation sites (tertiary alicyclic amines) is 1. The third kappa shape index (κ3) is 4.04. The van der Waals surface area contributed by atoms with Gasteiger partial charge in [-0.05, 0) is 44.3 Å². The number of hydrogen-bond donors (Lipinski definition) is 2. The SMILES string of the molecule is CNC(CCN1CCC(CO)C1)C(C)(C)C. The Morgan fingerprint density at radius 1 is 1.44 bits per heavy atom. The smallest absolute Gasteiger partial charge is 0.0471 e. The number of aliphatic hydroxyl groups excluding tert-OH is 1. The summed E-state index contributed by atoms with van der Waals surface area (Å²) in [6, 6.07) is 0.570. The van der Waals surface area contributed by atoms with Crippen molar-refractivity contribution in [1.82, 2.24) is 10.2 Å². The van der Waals surface area contributed by atoms with Crippen LogP contribution in [0.15, 0.2) is 0 Å². The summed E-state index contributed by atoms with van der Waals surface area (Å²) in [7, 11) is 2.05. The molecule has 1 fully saturated rings. The molecule has 0 amide bonds. The molecule has 0 bridgehead atoms. The van der Waals surface area contributed by atoms with Gasteiger partial charge in [-0.3, -0.25) is 0 Å². The second-order valence-electron chi connectivity index (χ2n) is 6.13. The average Bonchev–Trinajstić information content (AvgIpc) is 2.64. The van der Waals surface area contributed by atoms with Crippen molar-refractivity contribution in [1.29, 1.82) is 0 Å². The third-order valence-electron chi connectivity index (χ3n) is 3.76. The van der Waals surface area contributed by atoms with Crippen LogP contribution in [0.5, 0.6) is 0 Å². The second-order valence-corrected chi connectivity index (χ2v) is 6.13. The maximum absolute atomic E-state index is 9.10. The molecule has 2 unspecified atom stereocenters. The molecule has 0 saturated carbocycles. The topological polar surface area (TPSA) is 35.5 Å². The monoisotopic (exact) mass is 228 g/mol. The Bertz CT molecular complexity index is 201. The fraction of sp³-hybridized carbons (Fsp3) is 1.00. The summed E-state index contributed by atoms with van der Waals surface area (Å²) in [6.07, 6.45) is 2.36. The molecule has 1 heterocycles. The van der Waals surface area contributed by atoms with Gasteiger partial charge >= 0.3 is 0 Å². The van der Waals surface area contributed by atoms with Gasteiger partial charge in [-0.2, -0.15) is 0 Å². The normalized spacial score (nSPS) is 24.9. The van der Waals surface area contributed by atoms with Crippen LogP contribution in [-0.4, -0.2) is 49.3 Å². The maximum atomic E-state index is 9.10. The zero-order valence-electron chi connectivity index (χ0n) is 11.3. The first-order valence-electron chi connectivity index (χ1n) is 6.48. The van der Waals surface area contributed by atoms with E-state index in [-0.39, 0.29) is 0 Å². The first kappa shape index (κ1) is 13.9. The minimum absolute atomic E-state index is 0.324. The van der Waals surface area contributed by atoms with Gasteiger partial charge in [0.2, 0.25) is 0 Å². The van der Waals surface area contributed by atoms with Crippen molar-refractivity contribution in [3.8, 4) is 0 Å². The van der Waals surface area contributed by atoms with Gasteiger partial charge < -0.3 is 15.3 Å². The van der Waals surface area contributed by atoms with Crippen molar-refractivity contribution in [2.75, 3.05) is 33.3 Å². The molecule has 1 rings (SSSR count). The van der Waals surface area contributed by atoms with Crippen molar-refractivity contribution in [3.63, 3.8) is 0 Å². The molecule has 16 heavy (non-hydrogen) atoms. The fourth-order valence-corrected chi connectivity index (χ4v) is 2.59. The Morgan fingerprint density at radius 3 is 2.56 bits per heavy atom. The van der Waals surface area contributed by atoms with Crippen LogP contribution < -0.4 is 5.32 Å². The van der Waals surface area contributed by atoms with E-state index in [1.165, 1.54) is 6.42 Å². The van der Waals surface area contributed by atoms with Gasteiger partial charge in [0.15, 0.2) is 0 Å². The van der Waals surface area contributed by atoms with Crippen LogP contribution in [-0.2, 0) is 0 Å². The Hall–Kier alpha value is -0.120. The highest BCUT2D eigenvalue weighted by atomic mass is 16.3. The Kier molecular flexibility index (Phi) is 5.22. The molecule has 2 N–H and O–H groups in total. The molecular formula is C13H28N2O. The van der Waals surface area contributed by atoms with Crippen LogP contribution in [0, 0.1) is 11.3 Å². The summed E-state index contributed by atoms with van der Waals surface area (Å²) in [4.78, 5) is 2.48. The Morgan fingerprint density at radius 2 is 2.12 bits per heavy atom. The molecule has 0 aromatic heterocycles. The van der Waals surface area contributed by atoms with Crippen LogP contribution in [0.2, 0.25) is 0 Å². The van der Waals surface area contributed by atoms with Gasteiger partial charge in [0.25, 0.3) is 0 Å². The molecule has 0 radical (unpaired) electrons. The van der Waals surface area contributed by atoms with E-state index in [0.717, 1.165) is 26.1 Å². The molecule has 0 aliphatic carbocycles. The van der Waals surface area contributed by atoms with Gasteiger partial charge in [0.05, 0.1) is 0 Å². The van der Waals surface area contributed by atoms with E-state index in [0.29, 0.717) is 24.0 Å². The quantitative estimate of drug-likeness (QED) is 0.745. The van der Waals surface area contributed by atoms with E-state index < -0.39 is 0 Å². The molecule has 3 nitrogen and oxygen atoms in total. The first-order valence-corrected chi connectivity index (χ1v) is 6.48. The minimum Gasteiger partial charge on any atom is -0.396 e. The lowest BCUT2D eigenvalue weighted by molar-refractivity contribution is 0.206. The lowest BCUT2D eigenvalue weighted by Gasteiger charge is -2.31. The van der Waals surface area contributed by atoms with Gasteiger partial charge in [-0.15, -0.1) is 0 Å². The van der Waals surface area contributed by atoms with Crippen LogP contribution in [0.25, 0.3) is 0 Å². The lowest BCUT2D eigenvalue weighted by Crippen LogP contribution is -2.40. The van der Waals surface area contributed by atoms with E-state index in [9.17, 15) is 0 Å². The Labute approximate surface area is 100 Å². The molecular weight excluding hydrogens is 200 g/mol. The first-order chi connectivity index (χ1) is 7.47. The van der Waals surface area contributed by atoms with Crippen LogP contribution in [0.4, 0.5) is 0 Å². The van der Waals surface area contributed by atoms with Crippen molar-refractivity contribution in [2.24, 2.45) is 11.3 Å². The number of nitrogens with one attached hydrogen (secondary N) is 1. The highest BCUT2D eigenvalue weighted by molar-refractivity contribution is 4.82. The molecule has 0 spiro atoms. The van der Waals surface area contributed by atoms with E-state index in [4.69, 9.17) is 5.11 Å². The molecule has 3 heteroatoms. The number of aliphatic hydroxyl groups is 1. The maximum Gasteiger partial charge on any atom is 0.0471 e. The van der Waals surface area contributed by atoms with E-state index in [1.807, 2.05) is 0 Å². The summed E-state index contributed by atoms with van der Waals surface area (Å²) in [5.41, 5.74) is 0.324. The van der Waals surface area contributed by atoms with Gasteiger partial charge in [0.1, 0.15) is 0 Å². The minimum atomic E-state index is 0.324. The molecule has 1 saturated heterocycles. The standard InChI is InChI=1S/C13H28N2O/c1-13(2,3)12(14-4)6-8-15-7-5-11(9-15)10-16/h11-12,14,16H,5-10H2,1-4H3. The molecule has 0 aromatic rings. The molecule has 1 aliphatic heterocycles. The predicted octanol–water partition coefficient (Wildman–Crippen LogP) is 1.32. The van der Waals surface area contributed by atoms with E-state index in [2.05, 4.69) is 38.0 Å². The fourth-order valence-electron chi connectivity index (χ4n) is 2.59. The van der Waals surface area contributed by atoms with Crippen molar-refractivity contribution >= 4 is 0 Å². The van der Waals surface area contributed by atoms with Crippen LogP contribution in [0.1, 0.15) is 33.6 Å². The number of rotatable bonds is 5. The Balaban J connectivity index is 2.28. The average molecular weight is 228 g/mol. The molecule has 96 valence electrons. The van der Waals surface area contributed by atoms with Crippen LogP contribution >= 0.6 is 0 Å². The number of hydrogen-bond acceptors (Lipinski definition) is 3. The zero-order valence-corrected chi connectivity index (χ0v) is 11.3. The van der Waals surface area contributed by atoms with Crippen molar-refractivity contribution < 1.29 is 5.11 Å². The van der Waals surface area contributed by atoms with E-state index in [1.54, 1.807) is 0 Å². The molecule has 0 aromatic carbocycles. The summed E-state index contributed by atoms with van der Waals surface area (Å²) in [6.45, 7) is 10.6.